The van der Waals surface area contributed by atoms with Gasteiger partial charge >= 0.3 is 0 Å². The molecular weight excluding hydrogens is 419 g/mol. The number of benzene rings is 2. The number of aryl methyl sites for hydroxylation is 1. The van der Waals surface area contributed by atoms with Gasteiger partial charge in [0, 0.05) is 10.9 Å². The number of nitrogens with one attached hydrogen (secondary N) is 1. The number of halogens is 1. The van der Waals surface area contributed by atoms with Crippen molar-refractivity contribution in [2.75, 3.05) is 11.9 Å². The van der Waals surface area contributed by atoms with E-state index in [1.54, 1.807) is 6.92 Å². The highest BCUT2D eigenvalue weighted by Gasteiger charge is 2.13. The average molecular weight is 438 g/mol. The standard InChI is InChI=1S/C21H19FN6O2S/c1-3-30-17-7-4-14(5-8-17)21-23-15(12-31-21)10-20(29)24-19-11-16(6-9-18(19)22)28-13(2)25-26-27-28/h4-9,11-12H,3,10H2,1-2H3,(H,24,29). The van der Waals surface area contributed by atoms with Crippen LogP contribution in [-0.2, 0) is 11.2 Å². The molecule has 2 aromatic carbocycles. The first-order chi connectivity index (χ1) is 15.0. The largest absolute Gasteiger partial charge is 0.494 e. The average Bonchev–Trinajstić information content (AvgIpc) is 3.39. The fourth-order valence-electron chi connectivity index (χ4n) is 2.95. The topological polar surface area (TPSA) is 94.8 Å². The maximum Gasteiger partial charge on any atom is 0.230 e. The summed E-state index contributed by atoms with van der Waals surface area (Å²) in [5.74, 6) is 0.431. The summed E-state index contributed by atoms with van der Waals surface area (Å²) >= 11 is 1.44. The molecule has 4 aromatic rings. The quantitative estimate of drug-likeness (QED) is 0.471. The van der Waals surface area contributed by atoms with Crippen LogP contribution in [0.5, 0.6) is 5.75 Å². The monoisotopic (exact) mass is 438 g/mol. The van der Waals surface area contributed by atoms with Gasteiger partial charge in [0.2, 0.25) is 5.91 Å². The number of carbonyl (C=O) groups excluding carboxylic acids is 1. The number of aromatic nitrogens is 5. The summed E-state index contributed by atoms with van der Waals surface area (Å²) in [5, 5.41) is 16.5. The molecule has 31 heavy (non-hydrogen) atoms. The lowest BCUT2D eigenvalue weighted by Crippen LogP contribution is -2.16. The van der Waals surface area contributed by atoms with Crippen molar-refractivity contribution < 1.29 is 13.9 Å². The van der Waals surface area contributed by atoms with Gasteiger partial charge in [-0.15, -0.1) is 16.4 Å². The predicted octanol–water partition coefficient (Wildman–Crippen LogP) is 3.81. The predicted molar refractivity (Wildman–Crippen MR) is 115 cm³/mol. The number of ether oxygens (including phenoxy) is 1. The van der Waals surface area contributed by atoms with Crippen molar-refractivity contribution in [1.29, 1.82) is 0 Å². The van der Waals surface area contributed by atoms with Gasteiger partial charge in [-0.25, -0.2) is 9.37 Å². The lowest BCUT2D eigenvalue weighted by molar-refractivity contribution is -0.115. The van der Waals surface area contributed by atoms with E-state index in [-0.39, 0.29) is 18.0 Å². The fourth-order valence-corrected chi connectivity index (χ4v) is 3.78. The molecule has 158 valence electrons. The summed E-state index contributed by atoms with van der Waals surface area (Å²) in [6, 6.07) is 11.9. The lowest BCUT2D eigenvalue weighted by Gasteiger charge is -2.08. The number of thiazole rings is 1. The molecule has 0 fully saturated rings. The van der Waals surface area contributed by atoms with Crippen LogP contribution in [0.1, 0.15) is 18.4 Å². The maximum atomic E-state index is 14.2. The van der Waals surface area contributed by atoms with Crippen molar-refractivity contribution in [2.24, 2.45) is 0 Å². The van der Waals surface area contributed by atoms with Gasteiger partial charge in [-0.1, -0.05) is 0 Å². The maximum absolute atomic E-state index is 14.2. The third-order valence-electron chi connectivity index (χ3n) is 4.40. The summed E-state index contributed by atoms with van der Waals surface area (Å²) in [4.78, 5) is 17.0. The van der Waals surface area contributed by atoms with E-state index in [4.69, 9.17) is 4.74 Å². The fraction of sp³-hybridized carbons (Fsp3) is 0.190. The highest BCUT2D eigenvalue weighted by atomic mass is 32.1. The van der Waals surface area contributed by atoms with E-state index in [9.17, 15) is 9.18 Å². The molecule has 0 aliphatic rings. The molecule has 1 N–H and O–H groups in total. The number of rotatable bonds is 7. The Hall–Kier alpha value is -3.66. The van der Waals surface area contributed by atoms with Crippen LogP contribution in [0.3, 0.4) is 0 Å². The van der Waals surface area contributed by atoms with Crippen LogP contribution < -0.4 is 10.1 Å². The van der Waals surface area contributed by atoms with Crippen molar-refractivity contribution in [1.82, 2.24) is 25.2 Å². The number of hydrogen-bond acceptors (Lipinski definition) is 7. The SMILES string of the molecule is CCOc1ccc(-c2nc(CC(=O)Nc3cc(-n4nnnc4C)ccc3F)cs2)cc1. The zero-order valence-electron chi connectivity index (χ0n) is 16.9. The van der Waals surface area contributed by atoms with Gasteiger partial charge in [0.25, 0.3) is 0 Å². The Morgan fingerprint density at radius 3 is 2.74 bits per heavy atom. The zero-order valence-corrected chi connectivity index (χ0v) is 17.7. The van der Waals surface area contributed by atoms with Crippen molar-refractivity contribution in [2.45, 2.75) is 20.3 Å². The van der Waals surface area contributed by atoms with E-state index >= 15 is 0 Å². The molecule has 0 radical (unpaired) electrons. The Morgan fingerprint density at radius 1 is 1.23 bits per heavy atom. The van der Waals surface area contributed by atoms with Crippen LogP contribution in [0.2, 0.25) is 0 Å². The van der Waals surface area contributed by atoms with E-state index in [1.165, 1.54) is 34.2 Å². The van der Waals surface area contributed by atoms with Gasteiger partial charge in [0.15, 0.2) is 5.82 Å². The summed E-state index contributed by atoms with van der Waals surface area (Å²) in [7, 11) is 0. The number of tetrazole rings is 1. The van der Waals surface area contributed by atoms with Crippen molar-refractivity contribution in [3.63, 3.8) is 0 Å². The summed E-state index contributed by atoms with van der Waals surface area (Å²) in [6.45, 7) is 4.27. The molecule has 0 bridgehead atoms. The third-order valence-corrected chi connectivity index (χ3v) is 5.34. The summed E-state index contributed by atoms with van der Waals surface area (Å²) in [6.07, 6.45) is 0.0289. The minimum absolute atomic E-state index is 0.0289. The lowest BCUT2D eigenvalue weighted by atomic mass is 10.2. The second-order valence-electron chi connectivity index (χ2n) is 6.63. The van der Waals surface area contributed by atoms with Gasteiger partial charge in [-0.3, -0.25) is 4.79 Å². The smallest absolute Gasteiger partial charge is 0.230 e. The molecule has 10 heteroatoms. The summed E-state index contributed by atoms with van der Waals surface area (Å²) in [5.41, 5.74) is 2.15. The molecule has 0 atom stereocenters. The first kappa shape index (κ1) is 20.6. The minimum atomic E-state index is -0.545. The molecule has 0 aliphatic carbocycles. The first-order valence-electron chi connectivity index (χ1n) is 9.56. The second-order valence-corrected chi connectivity index (χ2v) is 7.49. The van der Waals surface area contributed by atoms with Gasteiger partial charge in [0.05, 0.1) is 30.1 Å². The van der Waals surface area contributed by atoms with Gasteiger partial charge in [-0.2, -0.15) is 4.68 Å². The number of anilines is 1. The molecule has 0 aliphatic heterocycles. The molecule has 1 amide bonds. The number of hydrogen-bond donors (Lipinski definition) is 1. The van der Waals surface area contributed by atoms with Crippen molar-refractivity contribution in [3.8, 4) is 22.0 Å². The highest BCUT2D eigenvalue weighted by molar-refractivity contribution is 7.13. The van der Waals surface area contributed by atoms with Crippen molar-refractivity contribution in [3.05, 3.63) is 65.2 Å². The molecule has 8 nitrogen and oxygen atoms in total. The Bertz CT molecular complexity index is 1200. The Balaban J connectivity index is 1.44. The first-order valence-corrected chi connectivity index (χ1v) is 10.4. The van der Waals surface area contributed by atoms with Crippen LogP contribution >= 0.6 is 11.3 Å². The second kappa shape index (κ2) is 9.00. The van der Waals surface area contributed by atoms with E-state index in [1.807, 2.05) is 36.6 Å². The van der Waals surface area contributed by atoms with Gasteiger partial charge in [0.1, 0.15) is 16.6 Å². The highest BCUT2D eigenvalue weighted by Crippen LogP contribution is 2.26. The van der Waals surface area contributed by atoms with E-state index < -0.39 is 5.82 Å². The number of nitrogens with zero attached hydrogens (tertiary/aromatic N) is 5. The van der Waals surface area contributed by atoms with Gasteiger partial charge in [-0.05, 0) is 66.7 Å². The molecule has 0 unspecified atom stereocenters. The van der Waals surface area contributed by atoms with Crippen LogP contribution in [0.25, 0.3) is 16.3 Å². The Labute approximate surface area is 181 Å². The van der Waals surface area contributed by atoms with Crippen LogP contribution in [0.15, 0.2) is 47.8 Å². The van der Waals surface area contributed by atoms with Crippen LogP contribution in [0.4, 0.5) is 10.1 Å². The Morgan fingerprint density at radius 2 is 2.03 bits per heavy atom. The number of amides is 1. The molecule has 0 saturated heterocycles. The van der Waals surface area contributed by atoms with E-state index in [0.717, 1.165) is 16.3 Å². The molecule has 2 heterocycles. The molecule has 2 aromatic heterocycles. The zero-order chi connectivity index (χ0) is 21.8. The van der Waals surface area contributed by atoms with Crippen LogP contribution in [0, 0.1) is 12.7 Å². The Kier molecular flexibility index (Phi) is 5.99. The molecule has 4 rings (SSSR count). The molecule has 0 spiro atoms. The molecular formula is C21H19FN6O2S. The summed E-state index contributed by atoms with van der Waals surface area (Å²) < 4.78 is 21.1. The van der Waals surface area contributed by atoms with E-state index in [0.29, 0.717) is 23.8 Å². The molecule has 0 saturated carbocycles. The normalized spacial score (nSPS) is 10.8. The minimum Gasteiger partial charge on any atom is -0.494 e. The number of carbonyl (C=O) groups is 1. The van der Waals surface area contributed by atoms with Crippen LogP contribution in [-0.4, -0.2) is 37.7 Å². The van der Waals surface area contributed by atoms with Crippen molar-refractivity contribution >= 4 is 22.9 Å². The van der Waals surface area contributed by atoms with E-state index in [2.05, 4.69) is 25.8 Å². The third kappa shape index (κ3) is 4.75. The van der Waals surface area contributed by atoms with Gasteiger partial charge < -0.3 is 10.1 Å².